The zero-order chi connectivity index (χ0) is 28.5. The first-order valence-corrected chi connectivity index (χ1v) is 11.8. The topological polar surface area (TPSA) is 129 Å². The molecular weight excluding hydrogens is 512 g/mol. The van der Waals surface area contributed by atoms with Crippen molar-refractivity contribution in [1.82, 2.24) is 14.9 Å². The highest BCUT2D eigenvalue weighted by molar-refractivity contribution is 6.05. The van der Waals surface area contributed by atoms with Gasteiger partial charge in [0.25, 0.3) is 5.91 Å². The third-order valence-corrected chi connectivity index (χ3v) is 5.94. The van der Waals surface area contributed by atoms with E-state index in [4.69, 9.17) is 19.9 Å². The van der Waals surface area contributed by atoms with E-state index >= 15 is 4.39 Å². The SMILES string of the molecule is C=CC(=O)N(C)CCOc1c(N)ncnc1-c1cc(F)cc(NC(=O)c2ccc3c(c2F)OC(C)(C)O3)c1C. The van der Waals surface area contributed by atoms with Crippen molar-refractivity contribution in [3.8, 4) is 28.5 Å². The Bertz CT molecular complexity index is 1480. The molecule has 0 saturated heterocycles. The summed E-state index contributed by atoms with van der Waals surface area (Å²) in [4.78, 5) is 34.3. The molecule has 39 heavy (non-hydrogen) atoms. The Hall–Kier alpha value is -4.74. The molecule has 10 nitrogen and oxygen atoms in total. The molecule has 2 amide bonds. The van der Waals surface area contributed by atoms with Gasteiger partial charge in [0.15, 0.2) is 23.1 Å². The van der Waals surface area contributed by atoms with E-state index < -0.39 is 23.3 Å². The summed E-state index contributed by atoms with van der Waals surface area (Å²) in [5.74, 6) is -3.72. The Balaban J connectivity index is 1.63. The molecule has 0 bridgehead atoms. The van der Waals surface area contributed by atoms with Crippen molar-refractivity contribution in [3.63, 3.8) is 0 Å². The number of carbonyl (C=O) groups is 2. The van der Waals surface area contributed by atoms with Gasteiger partial charge >= 0.3 is 0 Å². The van der Waals surface area contributed by atoms with Gasteiger partial charge in [0.05, 0.1) is 12.1 Å². The Morgan fingerprint density at radius 3 is 2.69 bits per heavy atom. The highest BCUT2D eigenvalue weighted by atomic mass is 19.1. The number of aromatic nitrogens is 2. The van der Waals surface area contributed by atoms with Gasteiger partial charge in [-0.3, -0.25) is 9.59 Å². The molecule has 1 aromatic heterocycles. The van der Waals surface area contributed by atoms with Crippen LogP contribution >= 0.6 is 0 Å². The number of anilines is 2. The number of halogens is 2. The van der Waals surface area contributed by atoms with Gasteiger partial charge in [-0.2, -0.15) is 0 Å². The lowest BCUT2D eigenvalue weighted by molar-refractivity contribution is -0.125. The van der Waals surface area contributed by atoms with Gasteiger partial charge in [-0.05, 0) is 42.8 Å². The van der Waals surface area contributed by atoms with Crippen LogP contribution in [0.15, 0.2) is 43.2 Å². The van der Waals surface area contributed by atoms with E-state index in [1.54, 1.807) is 27.8 Å². The second-order valence-electron chi connectivity index (χ2n) is 9.19. The third kappa shape index (κ3) is 5.59. The summed E-state index contributed by atoms with van der Waals surface area (Å²) in [6, 6.07) is 5.00. The summed E-state index contributed by atoms with van der Waals surface area (Å²) in [5, 5.41) is 2.56. The smallest absolute Gasteiger partial charge is 0.258 e. The van der Waals surface area contributed by atoms with E-state index in [0.29, 0.717) is 5.56 Å². The molecule has 3 aromatic rings. The van der Waals surface area contributed by atoms with Crippen LogP contribution in [0, 0.1) is 18.6 Å². The first-order chi connectivity index (χ1) is 18.4. The Morgan fingerprint density at radius 1 is 1.23 bits per heavy atom. The average molecular weight is 540 g/mol. The van der Waals surface area contributed by atoms with Gasteiger partial charge in [0, 0.05) is 32.1 Å². The van der Waals surface area contributed by atoms with Crippen LogP contribution in [-0.4, -0.2) is 52.7 Å². The molecule has 4 rings (SSSR count). The van der Waals surface area contributed by atoms with Crippen LogP contribution in [0.4, 0.5) is 20.3 Å². The maximum Gasteiger partial charge on any atom is 0.258 e. The van der Waals surface area contributed by atoms with Crippen LogP contribution in [-0.2, 0) is 4.79 Å². The monoisotopic (exact) mass is 539 g/mol. The average Bonchev–Trinajstić information content (AvgIpc) is 3.21. The van der Waals surface area contributed by atoms with E-state index in [2.05, 4.69) is 21.9 Å². The minimum absolute atomic E-state index is 0.00250. The minimum atomic E-state index is -1.08. The predicted molar refractivity (Wildman–Crippen MR) is 140 cm³/mol. The van der Waals surface area contributed by atoms with Crippen LogP contribution in [0.25, 0.3) is 11.3 Å². The van der Waals surface area contributed by atoms with Gasteiger partial charge in [-0.1, -0.05) is 6.58 Å². The summed E-state index contributed by atoms with van der Waals surface area (Å²) in [6.07, 6.45) is 2.37. The van der Waals surface area contributed by atoms with E-state index in [0.717, 1.165) is 6.07 Å². The first kappa shape index (κ1) is 27.3. The van der Waals surface area contributed by atoms with Crippen molar-refractivity contribution in [1.29, 1.82) is 0 Å². The molecular formula is C27H27F2N5O5. The molecule has 2 aromatic carbocycles. The molecule has 12 heteroatoms. The lowest BCUT2D eigenvalue weighted by atomic mass is 10.0. The number of benzene rings is 2. The van der Waals surface area contributed by atoms with E-state index in [1.807, 2.05) is 0 Å². The fourth-order valence-electron chi connectivity index (χ4n) is 3.94. The number of hydrogen-bond donors (Lipinski definition) is 2. The van der Waals surface area contributed by atoms with Crippen molar-refractivity contribution in [2.75, 3.05) is 31.2 Å². The second kappa shape index (κ2) is 10.6. The molecule has 0 spiro atoms. The molecule has 1 aliphatic heterocycles. The van der Waals surface area contributed by atoms with Crippen molar-refractivity contribution in [2.24, 2.45) is 0 Å². The van der Waals surface area contributed by atoms with Crippen LogP contribution in [0.2, 0.25) is 0 Å². The molecule has 0 unspecified atom stereocenters. The van der Waals surface area contributed by atoms with Crippen LogP contribution < -0.4 is 25.3 Å². The number of carbonyl (C=O) groups excluding carboxylic acids is 2. The van der Waals surface area contributed by atoms with Crippen LogP contribution in [0.3, 0.4) is 0 Å². The summed E-state index contributed by atoms with van der Waals surface area (Å²) in [5.41, 5.74) is 6.63. The molecule has 204 valence electrons. The number of likely N-dealkylation sites (N-methyl/N-ethyl adjacent to an activating group) is 1. The maximum atomic E-state index is 15.1. The molecule has 0 radical (unpaired) electrons. The number of nitrogens with zero attached hydrogens (tertiary/aromatic N) is 3. The third-order valence-electron chi connectivity index (χ3n) is 5.94. The van der Waals surface area contributed by atoms with Gasteiger partial charge in [0.1, 0.15) is 24.4 Å². The molecule has 1 aliphatic rings. The number of ether oxygens (including phenoxy) is 3. The van der Waals surface area contributed by atoms with Crippen molar-refractivity contribution in [3.05, 3.63) is 66.0 Å². The molecule has 0 atom stereocenters. The van der Waals surface area contributed by atoms with Gasteiger partial charge in [-0.15, -0.1) is 0 Å². The highest BCUT2D eigenvalue weighted by Gasteiger charge is 2.36. The largest absolute Gasteiger partial charge is 0.486 e. The Kier molecular flexibility index (Phi) is 7.39. The number of nitrogen functional groups attached to an aromatic ring is 1. The normalized spacial score (nSPS) is 13.1. The lowest BCUT2D eigenvalue weighted by Gasteiger charge is -2.18. The molecule has 3 N–H and O–H groups in total. The number of rotatable bonds is 8. The number of nitrogens with two attached hydrogens (primary N) is 1. The quantitative estimate of drug-likeness (QED) is 0.410. The fraction of sp³-hybridized carbons (Fsp3) is 0.259. The first-order valence-electron chi connectivity index (χ1n) is 11.8. The summed E-state index contributed by atoms with van der Waals surface area (Å²) in [7, 11) is 1.58. The van der Waals surface area contributed by atoms with Crippen LogP contribution in [0.5, 0.6) is 17.2 Å². The zero-order valence-corrected chi connectivity index (χ0v) is 21.8. The number of nitrogens with one attached hydrogen (secondary N) is 1. The van der Waals surface area contributed by atoms with Gasteiger partial charge < -0.3 is 30.2 Å². The van der Waals surface area contributed by atoms with Crippen molar-refractivity contribution < 1.29 is 32.6 Å². The lowest BCUT2D eigenvalue weighted by Crippen LogP contribution is -2.30. The number of amides is 2. The molecule has 2 heterocycles. The molecule has 0 fully saturated rings. The van der Waals surface area contributed by atoms with E-state index in [9.17, 15) is 14.0 Å². The molecule has 0 aliphatic carbocycles. The summed E-state index contributed by atoms with van der Waals surface area (Å²) < 4.78 is 46.7. The second-order valence-corrected chi connectivity index (χ2v) is 9.19. The number of hydrogen-bond acceptors (Lipinski definition) is 8. The Labute approximate surface area is 223 Å². The predicted octanol–water partition coefficient (Wildman–Crippen LogP) is 4.10. The van der Waals surface area contributed by atoms with Crippen molar-refractivity contribution >= 4 is 23.3 Å². The molecule has 0 saturated carbocycles. The van der Waals surface area contributed by atoms with E-state index in [-0.39, 0.29) is 64.6 Å². The summed E-state index contributed by atoms with van der Waals surface area (Å²) in [6.45, 7) is 8.54. The standard InChI is InChI=1S/C27H27F2N5O5/c1-6-20(35)34(5)9-10-37-24-22(31-13-32-25(24)30)17-11-15(28)12-18(14(17)2)33-26(36)16-7-8-19-23(21(16)29)39-27(3,4)38-19/h6-8,11-13H,1,9-10H2,2-5H3,(H,33,36)(H2,30,31,32). The van der Waals surface area contributed by atoms with E-state index in [1.165, 1.54) is 35.5 Å². The zero-order valence-electron chi connectivity index (χ0n) is 21.8. The maximum absolute atomic E-state index is 15.1. The number of fused-ring (bicyclic) bond motifs is 1. The van der Waals surface area contributed by atoms with Crippen molar-refractivity contribution in [2.45, 2.75) is 26.6 Å². The highest BCUT2D eigenvalue weighted by Crippen LogP contribution is 2.42. The van der Waals surface area contributed by atoms with Crippen LogP contribution in [0.1, 0.15) is 29.8 Å². The van der Waals surface area contributed by atoms with Gasteiger partial charge in [0.2, 0.25) is 17.4 Å². The minimum Gasteiger partial charge on any atom is -0.486 e. The van der Waals surface area contributed by atoms with Gasteiger partial charge in [-0.25, -0.2) is 18.7 Å². The fourth-order valence-corrected chi connectivity index (χ4v) is 3.94. The summed E-state index contributed by atoms with van der Waals surface area (Å²) >= 11 is 0. The Morgan fingerprint density at radius 2 is 1.97 bits per heavy atom.